The van der Waals surface area contributed by atoms with Gasteiger partial charge >= 0.3 is 0 Å². The summed E-state index contributed by atoms with van der Waals surface area (Å²) in [5.74, 6) is 0. The lowest BCUT2D eigenvalue weighted by atomic mass is 10.2. The van der Waals surface area contributed by atoms with Crippen LogP contribution in [-0.4, -0.2) is 19.5 Å². The highest BCUT2D eigenvalue weighted by atomic mass is 79.9. The molecule has 0 aliphatic rings. The highest BCUT2D eigenvalue weighted by molar-refractivity contribution is 9.10. The monoisotopic (exact) mass is 386 g/mol. The fraction of sp³-hybridized carbons (Fsp3) is 0. The number of non-ortho nitro benzene ring substituents is 1. The van der Waals surface area contributed by atoms with Crippen LogP contribution < -0.4 is 5.56 Å². The van der Waals surface area contributed by atoms with Crippen LogP contribution in [0.5, 0.6) is 0 Å². The molecular weight excluding hydrogens is 384 g/mol. The van der Waals surface area contributed by atoms with Gasteiger partial charge in [-0.2, -0.15) is 9.61 Å². The van der Waals surface area contributed by atoms with Crippen molar-refractivity contribution in [1.82, 2.24) is 14.6 Å². The van der Waals surface area contributed by atoms with Crippen molar-refractivity contribution in [3.8, 4) is 10.6 Å². The number of nitro benzene ring substituents is 1. The minimum Gasteiger partial charge on any atom is -0.267 e. The molecule has 0 saturated heterocycles. The van der Waals surface area contributed by atoms with E-state index >= 15 is 0 Å². The van der Waals surface area contributed by atoms with Gasteiger partial charge in [0.25, 0.3) is 11.2 Å². The smallest absolute Gasteiger partial charge is 0.267 e. The van der Waals surface area contributed by atoms with Crippen LogP contribution in [0, 0.1) is 10.1 Å². The van der Waals surface area contributed by atoms with Crippen molar-refractivity contribution < 1.29 is 4.92 Å². The second kappa shape index (κ2) is 5.17. The fourth-order valence-electron chi connectivity index (χ4n) is 1.70. The Labute approximate surface area is 134 Å². The van der Waals surface area contributed by atoms with E-state index in [9.17, 15) is 14.9 Å². The van der Waals surface area contributed by atoms with E-state index < -0.39 is 10.5 Å². The molecule has 0 fully saturated rings. The van der Waals surface area contributed by atoms with Crippen molar-refractivity contribution in [2.45, 2.75) is 0 Å². The molecule has 1 aromatic carbocycles. The zero-order chi connectivity index (χ0) is 15.1. The van der Waals surface area contributed by atoms with Gasteiger partial charge in [-0.15, -0.1) is 0 Å². The Morgan fingerprint density at radius 3 is 2.81 bits per heavy atom. The minimum absolute atomic E-state index is 0.0723. The second-order valence-electron chi connectivity index (χ2n) is 3.97. The summed E-state index contributed by atoms with van der Waals surface area (Å²) in [4.78, 5) is 26.5. The van der Waals surface area contributed by atoms with E-state index in [0.717, 1.165) is 21.9 Å². The van der Waals surface area contributed by atoms with Gasteiger partial charge < -0.3 is 0 Å². The van der Waals surface area contributed by atoms with Gasteiger partial charge in [-0.1, -0.05) is 38.9 Å². The summed E-state index contributed by atoms with van der Waals surface area (Å²) in [5.41, 5.74) is 0.0380. The van der Waals surface area contributed by atoms with Crippen LogP contribution in [0.4, 0.5) is 5.69 Å². The Kier molecular flexibility index (Phi) is 3.47. The molecule has 2 heterocycles. The molecule has 21 heavy (non-hydrogen) atoms. The molecule has 0 aliphatic heterocycles. The van der Waals surface area contributed by atoms with Crippen molar-refractivity contribution in [2.24, 2.45) is 0 Å². The summed E-state index contributed by atoms with van der Waals surface area (Å²) in [7, 11) is 0. The number of halogens is 2. The number of benzene rings is 1. The van der Waals surface area contributed by atoms with Gasteiger partial charge in [0.15, 0.2) is 0 Å². The molecule has 0 N–H and O–H groups in total. The predicted octanol–water partition coefficient (Wildman–Crippen LogP) is 3.14. The van der Waals surface area contributed by atoms with Gasteiger partial charge in [0, 0.05) is 28.2 Å². The van der Waals surface area contributed by atoms with Gasteiger partial charge in [-0.3, -0.25) is 14.9 Å². The number of hydrogen-bond donors (Lipinski definition) is 0. The van der Waals surface area contributed by atoms with Crippen LogP contribution in [0.25, 0.3) is 15.5 Å². The molecule has 0 aliphatic carbocycles. The van der Waals surface area contributed by atoms with E-state index in [4.69, 9.17) is 11.6 Å². The molecule has 0 bridgehead atoms. The molecule has 0 amide bonds. The number of nitro groups is 1. The lowest BCUT2D eigenvalue weighted by Gasteiger charge is -1.97. The lowest BCUT2D eigenvalue weighted by molar-refractivity contribution is -0.384. The van der Waals surface area contributed by atoms with E-state index in [-0.39, 0.29) is 10.8 Å². The van der Waals surface area contributed by atoms with Gasteiger partial charge in [0.1, 0.15) is 10.2 Å². The molecule has 10 heteroatoms. The Hall–Kier alpha value is -1.84. The molecule has 0 radical (unpaired) electrons. The highest BCUT2D eigenvalue weighted by Crippen LogP contribution is 2.31. The van der Waals surface area contributed by atoms with Crippen LogP contribution in [-0.2, 0) is 0 Å². The molecule has 3 aromatic rings. The van der Waals surface area contributed by atoms with Crippen LogP contribution >= 0.6 is 38.9 Å². The molecule has 7 nitrogen and oxygen atoms in total. The van der Waals surface area contributed by atoms with E-state index in [1.807, 2.05) is 0 Å². The zero-order valence-electron chi connectivity index (χ0n) is 9.99. The quantitative estimate of drug-likeness (QED) is 0.383. The first-order valence-corrected chi connectivity index (χ1v) is 7.44. The van der Waals surface area contributed by atoms with Gasteiger partial charge in [0.05, 0.1) is 4.92 Å². The van der Waals surface area contributed by atoms with Gasteiger partial charge in [-0.05, 0) is 6.07 Å². The summed E-state index contributed by atoms with van der Waals surface area (Å²) < 4.78 is 1.66. The number of hydrogen-bond acceptors (Lipinski definition) is 6. The maximum atomic E-state index is 11.8. The van der Waals surface area contributed by atoms with Crippen LogP contribution in [0.3, 0.4) is 0 Å². The Bertz CT molecular complexity index is 939. The maximum Gasteiger partial charge on any atom is 0.276 e. The second-order valence-corrected chi connectivity index (χ2v) is 6.23. The SMILES string of the molecule is O=c1cc(Cl)nc2sc(-c3cc(Br)cc([N+](=O)[O-])c3)nn12. The minimum atomic E-state index is -0.497. The topological polar surface area (TPSA) is 90.4 Å². The first kappa shape index (κ1) is 14.1. The summed E-state index contributed by atoms with van der Waals surface area (Å²) in [6.07, 6.45) is 0. The molecule has 0 saturated carbocycles. The molecule has 3 rings (SSSR count). The van der Waals surface area contributed by atoms with Crippen LogP contribution in [0.1, 0.15) is 0 Å². The summed E-state index contributed by atoms with van der Waals surface area (Å²) >= 11 is 10.1. The molecule has 106 valence electrons. The third kappa shape index (κ3) is 2.67. The Morgan fingerprint density at radius 1 is 1.33 bits per heavy atom. The highest BCUT2D eigenvalue weighted by Gasteiger charge is 2.14. The molecule has 2 aromatic heterocycles. The van der Waals surface area contributed by atoms with E-state index in [0.29, 0.717) is 20.0 Å². The van der Waals surface area contributed by atoms with Crippen LogP contribution in [0.2, 0.25) is 5.15 Å². The number of rotatable bonds is 2. The maximum absolute atomic E-state index is 11.8. The van der Waals surface area contributed by atoms with Crippen molar-refractivity contribution >= 4 is 49.5 Å². The largest absolute Gasteiger partial charge is 0.276 e. The first-order valence-electron chi connectivity index (χ1n) is 5.46. The third-order valence-corrected chi connectivity index (χ3v) is 4.16. The van der Waals surface area contributed by atoms with Crippen molar-refractivity contribution in [1.29, 1.82) is 0 Å². The Balaban J connectivity index is 2.23. The predicted molar refractivity (Wildman–Crippen MR) is 81.9 cm³/mol. The zero-order valence-corrected chi connectivity index (χ0v) is 13.1. The lowest BCUT2D eigenvalue weighted by Crippen LogP contribution is -2.13. The van der Waals surface area contributed by atoms with Crippen molar-refractivity contribution in [3.63, 3.8) is 0 Å². The Morgan fingerprint density at radius 2 is 2.10 bits per heavy atom. The average molecular weight is 388 g/mol. The van der Waals surface area contributed by atoms with Gasteiger partial charge in [0.2, 0.25) is 4.96 Å². The number of fused-ring (bicyclic) bond motifs is 1. The summed E-state index contributed by atoms with van der Waals surface area (Å²) in [6, 6.07) is 5.60. The molecule has 0 unspecified atom stereocenters. The number of aromatic nitrogens is 3. The molecule has 0 spiro atoms. The first-order chi connectivity index (χ1) is 9.94. The molecule has 0 atom stereocenters. The van der Waals surface area contributed by atoms with E-state index in [1.54, 1.807) is 6.07 Å². The van der Waals surface area contributed by atoms with E-state index in [1.165, 1.54) is 12.1 Å². The van der Waals surface area contributed by atoms with Crippen molar-refractivity contribution in [3.05, 3.63) is 54.4 Å². The average Bonchev–Trinajstić information content (AvgIpc) is 2.82. The summed E-state index contributed by atoms with van der Waals surface area (Å²) in [6.45, 7) is 0. The third-order valence-electron chi connectivity index (χ3n) is 2.55. The van der Waals surface area contributed by atoms with Crippen LogP contribution in [0.15, 0.2) is 33.5 Å². The number of nitrogens with zero attached hydrogens (tertiary/aromatic N) is 4. The van der Waals surface area contributed by atoms with Crippen molar-refractivity contribution in [2.75, 3.05) is 0 Å². The van der Waals surface area contributed by atoms with Gasteiger partial charge in [-0.25, -0.2) is 4.98 Å². The summed E-state index contributed by atoms with van der Waals surface area (Å²) in [5, 5.41) is 15.5. The van der Waals surface area contributed by atoms with E-state index in [2.05, 4.69) is 26.0 Å². The molecular formula is C11H4BrClN4O3S. The fourth-order valence-corrected chi connectivity index (χ4v) is 3.30. The normalized spacial score (nSPS) is 11.0. The standard InChI is InChI=1S/C11H4BrClN4O3S/c12-6-1-5(2-7(3-6)17(19)20)10-15-16-9(18)4-8(13)14-11(16)21-10/h1-4H.